The monoisotopic (exact) mass is 522 g/mol. The standard InChI is InChI=1S/C22H23NO3.C6H7NO3S/c1-25-21-10-18-16-8-13-4-3-7-23(13)12-20(16)15-6-5-14(24)9-17(15)19(18)11-22(21)26-2;7-5-1-3-6(4-2-5)11(8,9)10/h5-6,9-11,13,24H,3-4,7-8,12H2,1-2H3;1-4H,7H2,(H,8,9,10)/t13-;/m0./s1. The smallest absolute Gasteiger partial charge is 0.294 e. The van der Waals surface area contributed by atoms with E-state index in [1.165, 1.54) is 65.6 Å². The van der Waals surface area contributed by atoms with E-state index in [1.807, 2.05) is 6.07 Å². The second-order valence-corrected chi connectivity index (χ2v) is 10.9. The van der Waals surface area contributed by atoms with E-state index >= 15 is 0 Å². The number of benzene rings is 4. The SMILES string of the molecule is COc1cc2c3c(c4ccc(O)cc4c2cc1OC)CN1CCC[C@H]1C3.Nc1ccc(S(=O)(=O)O)cc1. The minimum Gasteiger partial charge on any atom is -0.508 e. The van der Waals surface area contributed by atoms with Crippen LogP contribution < -0.4 is 15.2 Å². The summed E-state index contributed by atoms with van der Waals surface area (Å²) in [5.41, 5.74) is 8.58. The fraction of sp³-hybridized carbons (Fsp3) is 0.286. The predicted molar refractivity (Wildman–Crippen MR) is 144 cm³/mol. The zero-order chi connectivity index (χ0) is 26.3. The maximum Gasteiger partial charge on any atom is 0.294 e. The quantitative estimate of drug-likeness (QED) is 0.200. The van der Waals surface area contributed by atoms with E-state index in [9.17, 15) is 13.5 Å². The first-order chi connectivity index (χ1) is 17.7. The van der Waals surface area contributed by atoms with Crippen LogP contribution in [0.25, 0.3) is 21.5 Å². The lowest BCUT2D eigenvalue weighted by Gasteiger charge is -2.33. The highest BCUT2D eigenvalue weighted by Gasteiger charge is 2.32. The van der Waals surface area contributed by atoms with Crippen LogP contribution in [0.4, 0.5) is 5.69 Å². The predicted octanol–water partition coefficient (Wildman–Crippen LogP) is 4.75. The second kappa shape index (κ2) is 9.74. The fourth-order valence-corrected chi connectivity index (χ4v) is 6.00. The van der Waals surface area contributed by atoms with Gasteiger partial charge in [-0.25, -0.2) is 0 Å². The molecular weight excluding hydrogens is 492 g/mol. The van der Waals surface area contributed by atoms with Gasteiger partial charge in [0, 0.05) is 18.3 Å². The number of hydrogen-bond donors (Lipinski definition) is 3. The Balaban J connectivity index is 0.000000215. The minimum absolute atomic E-state index is 0.147. The van der Waals surface area contributed by atoms with Crippen LogP contribution in [0, 0.1) is 0 Å². The number of nitrogens with two attached hydrogens (primary N) is 1. The molecule has 8 nitrogen and oxygen atoms in total. The molecule has 6 rings (SSSR count). The summed E-state index contributed by atoms with van der Waals surface area (Å²) in [7, 11) is -0.728. The second-order valence-electron chi connectivity index (χ2n) is 9.45. The number of phenols is 1. The van der Waals surface area contributed by atoms with Crippen molar-refractivity contribution in [1.82, 2.24) is 4.90 Å². The molecule has 0 unspecified atom stereocenters. The molecule has 4 N–H and O–H groups in total. The summed E-state index contributed by atoms with van der Waals surface area (Å²) >= 11 is 0. The summed E-state index contributed by atoms with van der Waals surface area (Å²) in [5.74, 6) is 1.78. The van der Waals surface area contributed by atoms with E-state index in [0.29, 0.717) is 17.5 Å². The lowest BCUT2D eigenvalue weighted by Crippen LogP contribution is -2.35. The number of aromatic hydroxyl groups is 1. The third-order valence-corrected chi connectivity index (χ3v) is 8.18. The average Bonchev–Trinajstić information content (AvgIpc) is 3.34. The van der Waals surface area contributed by atoms with E-state index < -0.39 is 10.1 Å². The van der Waals surface area contributed by atoms with Crippen LogP contribution in [-0.4, -0.2) is 49.8 Å². The Bertz CT molecular complexity index is 1580. The highest BCUT2D eigenvalue weighted by molar-refractivity contribution is 7.85. The number of phenolic OH excluding ortho intramolecular Hbond substituents is 1. The molecule has 0 amide bonds. The average molecular weight is 523 g/mol. The summed E-state index contributed by atoms with van der Waals surface area (Å²) in [6.45, 7) is 2.18. The van der Waals surface area contributed by atoms with Crippen LogP contribution in [0.15, 0.2) is 59.5 Å². The minimum atomic E-state index is -4.08. The van der Waals surface area contributed by atoms with Crippen molar-refractivity contribution >= 4 is 37.4 Å². The zero-order valence-electron chi connectivity index (χ0n) is 20.8. The van der Waals surface area contributed by atoms with Crippen LogP contribution in [-0.2, 0) is 23.1 Å². The highest BCUT2D eigenvalue weighted by atomic mass is 32.2. The lowest BCUT2D eigenvalue weighted by atomic mass is 9.85. The number of hydrogen-bond acceptors (Lipinski definition) is 7. The molecule has 1 saturated heterocycles. The topological polar surface area (TPSA) is 122 Å². The summed E-state index contributed by atoms with van der Waals surface area (Å²) in [6, 6.07) is 15.8. The van der Waals surface area contributed by atoms with Crippen molar-refractivity contribution in [1.29, 1.82) is 0 Å². The molecule has 4 aromatic carbocycles. The fourth-order valence-electron chi connectivity index (χ4n) is 5.52. The Kier molecular flexibility index (Phi) is 6.61. The molecular formula is C28H30N2O6S. The van der Waals surface area contributed by atoms with Gasteiger partial charge in [-0.15, -0.1) is 0 Å². The van der Waals surface area contributed by atoms with Gasteiger partial charge >= 0.3 is 0 Å². The van der Waals surface area contributed by atoms with Crippen molar-refractivity contribution in [2.24, 2.45) is 0 Å². The number of rotatable bonds is 3. The molecule has 0 saturated carbocycles. The third-order valence-electron chi connectivity index (χ3n) is 7.31. The first-order valence-corrected chi connectivity index (χ1v) is 13.5. The summed E-state index contributed by atoms with van der Waals surface area (Å²) in [5, 5.41) is 14.8. The number of methoxy groups -OCH3 is 2. The molecule has 0 aliphatic carbocycles. The van der Waals surface area contributed by atoms with Crippen LogP contribution in [0.5, 0.6) is 17.2 Å². The van der Waals surface area contributed by atoms with E-state index in [-0.39, 0.29) is 4.90 Å². The lowest BCUT2D eigenvalue weighted by molar-refractivity contribution is 0.229. The van der Waals surface area contributed by atoms with Gasteiger partial charge in [-0.05, 0) is 107 Å². The van der Waals surface area contributed by atoms with Gasteiger partial charge in [-0.3, -0.25) is 9.45 Å². The molecule has 9 heteroatoms. The van der Waals surface area contributed by atoms with Crippen molar-refractivity contribution in [3.05, 3.63) is 65.7 Å². The molecule has 2 heterocycles. The Labute approximate surface area is 216 Å². The van der Waals surface area contributed by atoms with E-state index in [1.54, 1.807) is 20.3 Å². The van der Waals surface area contributed by atoms with E-state index in [0.717, 1.165) is 35.2 Å². The largest absolute Gasteiger partial charge is 0.508 e. The van der Waals surface area contributed by atoms with Crippen molar-refractivity contribution in [2.75, 3.05) is 26.5 Å². The van der Waals surface area contributed by atoms with Crippen molar-refractivity contribution in [3.8, 4) is 17.2 Å². The number of nitrogen functional groups attached to an aromatic ring is 1. The third kappa shape index (κ3) is 4.77. The molecule has 1 atom stereocenters. The maximum atomic E-state index is 10.5. The molecule has 4 aromatic rings. The Morgan fingerprint density at radius 3 is 2.19 bits per heavy atom. The maximum absolute atomic E-state index is 10.5. The van der Waals surface area contributed by atoms with Crippen LogP contribution in [0.3, 0.4) is 0 Å². The molecule has 2 aliphatic heterocycles. The highest BCUT2D eigenvalue weighted by Crippen LogP contribution is 2.44. The summed E-state index contributed by atoms with van der Waals surface area (Å²) < 4.78 is 40.5. The number of fused-ring (bicyclic) bond motifs is 7. The molecule has 0 bridgehead atoms. The molecule has 0 aromatic heterocycles. The number of nitrogens with zero attached hydrogens (tertiary/aromatic N) is 1. The summed E-state index contributed by atoms with van der Waals surface area (Å²) in [6.07, 6.45) is 3.65. The Morgan fingerprint density at radius 2 is 1.54 bits per heavy atom. The van der Waals surface area contributed by atoms with Gasteiger partial charge < -0.3 is 20.3 Å². The van der Waals surface area contributed by atoms with Gasteiger partial charge in [0.2, 0.25) is 0 Å². The van der Waals surface area contributed by atoms with Crippen LogP contribution in [0.2, 0.25) is 0 Å². The summed E-state index contributed by atoms with van der Waals surface area (Å²) in [4.78, 5) is 2.47. The van der Waals surface area contributed by atoms with Crippen molar-refractivity contribution in [3.63, 3.8) is 0 Å². The van der Waals surface area contributed by atoms with Gasteiger partial charge in [-0.1, -0.05) is 6.07 Å². The zero-order valence-corrected chi connectivity index (χ0v) is 21.6. The van der Waals surface area contributed by atoms with Gasteiger partial charge in [0.05, 0.1) is 19.1 Å². The van der Waals surface area contributed by atoms with Crippen LogP contribution >= 0.6 is 0 Å². The molecule has 0 radical (unpaired) electrons. The first-order valence-electron chi connectivity index (χ1n) is 12.1. The first kappa shape index (κ1) is 25.1. The van der Waals surface area contributed by atoms with Gasteiger partial charge in [-0.2, -0.15) is 8.42 Å². The van der Waals surface area contributed by atoms with Gasteiger partial charge in [0.1, 0.15) is 5.75 Å². The Morgan fingerprint density at radius 1 is 0.892 bits per heavy atom. The molecule has 0 spiro atoms. The van der Waals surface area contributed by atoms with E-state index in [2.05, 4.69) is 23.1 Å². The van der Waals surface area contributed by atoms with Gasteiger partial charge in [0.25, 0.3) is 10.1 Å². The van der Waals surface area contributed by atoms with Crippen molar-refractivity contribution < 1.29 is 27.6 Å². The number of anilines is 1. The molecule has 37 heavy (non-hydrogen) atoms. The molecule has 2 aliphatic rings. The van der Waals surface area contributed by atoms with Crippen LogP contribution in [0.1, 0.15) is 24.0 Å². The molecule has 194 valence electrons. The van der Waals surface area contributed by atoms with Crippen molar-refractivity contribution in [2.45, 2.75) is 36.7 Å². The Hall–Kier alpha value is -3.53. The normalized spacial score (nSPS) is 17.1. The van der Waals surface area contributed by atoms with E-state index in [4.69, 9.17) is 19.8 Å². The van der Waals surface area contributed by atoms with Gasteiger partial charge in [0.15, 0.2) is 11.5 Å². The molecule has 1 fully saturated rings. The number of ether oxygens (including phenoxy) is 2.